The third kappa shape index (κ3) is 14.3. The number of hydrogen-bond acceptors (Lipinski definition) is 10. The van der Waals surface area contributed by atoms with Crippen LogP contribution in [0, 0.1) is 5.41 Å². The normalized spacial score (nSPS) is 17.8. The van der Waals surface area contributed by atoms with E-state index >= 15 is 0 Å². The average molecular weight is 833 g/mol. The van der Waals surface area contributed by atoms with Gasteiger partial charge >= 0.3 is 31.3 Å². The Hall–Kier alpha value is -1.28. The molecule has 0 fully saturated rings. The predicted octanol–water partition coefficient (Wildman–Crippen LogP) is 7.43. The minimum Gasteiger partial charge on any atom is -0.485 e. The van der Waals surface area contributed by atoms with Gasteiger partial charge in [-0.2, -0.15) is 8.62 Å². The molecule has 0 spiro atoms. The van der Waals surface area contributed by atoms with Crippen molar-refractivity contribution in [2.24, 2.45) is 5.41 Å². The molecule has 7 N–H and O–H groups in total. The summed E-state index contributed by atoms with van der Waals surface area (Å²) in [4.78, 5) is 57.7. The molecule has 3 atom stereocenters. The van der Waals surface area contributed by atoms with E-state index in [1.807, 2.05) is 101 Å². The molecule has 0 aromatic heterocycles. The SMILES string of the molecule is CC(C)(C)c1ccc(OC(c2ccc(C(C)(C)C)cc2C(C)(C)C)C(CO)(COP(=O)(O)OP(=O)(O)O)COP(=O)(O)OP(=O)(O)O)c(C(C)(C)C)c1. The maximum atomic E-state index is 12.8. The summed E-state index contributed by atoms with van der Waals surface area (Å²) < 4.78 is 73.6. The first kappa shape index (κ1) is 47.9. The van der Waals surface area contributed by atoms with Gasteiger partial charge in [0.05, 0.1) is 25.2 Å². The molecule has 2 aromatic rings. The summed E-state index contributed by atoms with van der Waals surface area (Å²) in [6, 6.07) is 10.9. The van der Waals surface area contributed by atoms with Crippen molar-refractivity contribution < 1.29 is 75.1 Å². The molecular weight excluding hydrogens is 776 g/mol. The number of aliphatic hydroxyl groups is 1. The lowest BCUT2D eigenvalue weighted by atomic mass is 9.72. The molecule has 304 valence electrons. The standard InChI is InChI=1S/C33H56O16P4/c1-29(2,3)22-13-15-24(25(17-22)31(7,8)9)28(47-27-16-14-23(30(4,5)6)18-26(27)32(10,11)12)33(19-34,20-45-52(41,42)48-50(35,36)37)21-46-53(43,44)49-51(38,39)40/h13-18,28,34H,19-21H2,1-12H3,(H,41,42)(H,43,44)(H2,35,36,37)(H2,38,39,40). The topological polar surface area (TPSA) is 256 Å². The molecule has 53 heavy (non-hydrogen) atoms. The molecular formula is C33H56O16P4. The van der Waals surface area contributed by atoms with Gasteiger partial charge in [-0.25, -0.2) is 18.3 Å². The highest BCUT2D eigenvalue weighted by Crippen LogP contribution is 2.61. The lowest BCUT2D eigenvalue weighted by Gasteiger charge is -2.42. The summed E-state index contributed by atoms with van der Waals surface area (Å²) in [5.41, 5.74) is -0.692. The molecule has 0 saturated carbocycles. The van der Waals surface area contributed by atoms with Gasteiger partial charge in [0, 0.05) is 0 Å². The quantitative estimate of drug-likeness (QED) is 0.0861. The number of rotatable bonds is 15. The van der Waals surface area contributed by atoms with E-state index in [-0.39, 0.29) is 16.6 Å². The molecule has 16 nitrogen and oxygen atoms in total. The lowest BCUT2D eigenvalue weighted by Crippen LogP contribution is -2.45. The minimum absolute atomic E-state index is 0.255. The zero-order valence-corrected chi connectivity index (χ0v) is 35.8. The van der Waals surface area contributed by atoms with Crippen LogP contribution < -0.4 is 4.74 Å². The summed E-state index contributed by atoms with van der Waals surface area (Å²) in [5.74, 6) is 0.255. The van der Waals surface area contributed by atoms with Crippen molar-refractivity contribution in [3.63, 3.8) is 0 Å². The second-order valence-electron chi connectivity index (χ2n) is 17.2. The number of ether oxygens (including phenoxy) is 1. The number of phosphoric acid groups is 4. The molecule has 0 amide bonds. The van der Waals surface area contributed by atoms with Crippen LogP contribution in [0.1, 0.15) is 117 Å². The maximum absolute atomic E-state index is 12.8. The molecule has 0 aliphatic heterocycles. The summed E-state index contributed by atoms with van der Waals surface area (Å²) in [6.45, 7) is 20.0. The summed E-state index contributed by atoms with van der Waals surface area (Å²) >= 11 is 0. The predicted molar refractivity (Wildman–Crippen MR) is 198 cm³/mol. The highest BCUT2D eigenvalue weighted by molar-refractivity contribution is 7.61. The van der Waals surface area contributed by atoms with E-state index in [2.05, 4.69) is 8.62 Å². The molecule has 0 heterocycles. The van der Waals surface area contributed by atoms with Gasteiger partial charge in [-0.05, 0) is 55.5 Å². The first-order chi connectivity index (χ1) is 23.4. The van der Waals surface area contributed by atoms with E-state index in [4.69, 9.17) is 13.8 Å². The smallest absolute Gasteiger partial charge is 0.481 e. The molecule has 0 radical (unpaired) electrons. The van der Waals surface area contributed by atoms with Crippen LogP contribution in [0.25, 0.3) is 0 Å². The van der Waals surface area contributed by atoms with Crippen molar-refractivity contribution in [1.82, 2.24) is 0 Å². The largest absolute Gasteiger partial charge is 0.485 e. The van der Waals surface area contributed by atoms with Gasteiger partial charge in [0.1, 0.15) is 11.9 Å². The van der Waals surface area contributed by atoms with Crippen LogP contribution in [0.3, 0.4) is 0 Å². The zero-order valence-electron chi connectivity index (χ0n) is 32.3. The Bertz CT molecular complexity index is 1740. The fraction of sp³-hybridized carbons (Fsp3) is 0.636. The van der Waals surface area contributed by atoms with E-state index in [0.29, 0.717) is 16.7 Å². The Balaban J connectivity index is 3.12. The molecule has 3 unspecified atom stereocenters. The van der Waals surface area contributed by atoms with Gasteiger partial charge in [-0.1, -0.05) is 113 Å². The Morgan fingerprint density at radius 3 is 1.28 bits per heavy atom. The van der Waals surface area contributed by atoms with Crippen LogP contribution in [0.15, 0.2) is 36.4 Å². The van der Waals surface area contributed by atoms with Crippen molar-refractivity contribution >= 4 is 31.3 Å². The van der Waals surface area contributed by atoms with Crippen LogP contribution >= 0.6 is 31.3 Å². The van der Waals surface area contributed by atoms with Gasteiger partial charge < -0.3 is 39.2 Å². The van der Waals surface area contributed by atoms with Crippen LogP contribution in [0.4, 0.5) is 0 Å². The van der Waals surface area contributed by atoms with Crippen LogP contribution in [-0.4, -0.2) is 54.3 Å². The average Bonchev–Trinajstić information content (AvgIpc) is 2.92. The zero-order chi connectivity index (χ0) is 41.4. The Morgan fingerprint density at radius 2 is 0.943 bits per heavy atom. The van der Waals surface area contributed by atoms with Gasteiger partial charge in [-0.3, -0.25) is 9.05 Å². The van der Waals surface area contributed by atoms with E-state index in [0.717, 1.165) is 11.1 Å². The fourth-order valence-corrected chi connectivity index (χ4v) is 8.70. The van der Waals surface area contributed by atoms with E-state index in [9.17, 15) is 52.7 Å². The van der Waals surface area contributed by atoms with Crippen LogP contribution in [0.5, 0.6) is 5.75 Å². The van der Waals surface area contributed by atoms with Crippen molar-refractivity contribution in [2.75, 3.05) is 19.8 Å². The first-order valence-electron chi connectivity index (χ1n) is 16.5. The van der Waals surface area contributed by atoms with Gasteiger partial charge in [-0.15, -0.1) is 0 Å². The second kappa shape index (κ2) is 16.3. The molecule has 0 aliphatic rings. The molecule has 2 rings (SSSR count). The Morgan fingerprint density at radius 1 is 0.566 bits per heavy atom. The highest BCUT2D eigenvalue weighted by Gasteiger charge is 2.49. The van der Waals surface area contributed by atoms with E-state index < -0.39 is 73.5 Å². The van der Waals surface area contributed by atoms with E-state index in [1.165, 1.54) is 0 Å². The number of phosphoric ester groups is 2. The lowest BCUT2D eigenvalue weighted by molar-refractivity contribution is -0.0712. The first-order valence-corrected chi connectivity index (χ1v) is 22.5. The fourth-order valence-electron chi connectivity index (χ4n) is 5.34. The summed E-state index contributed by atoms with van der Waals surface area (Å²) in [6.07, 6.45) is -1.55. The molecule has 0 saturated heterocycles. The molecule has 0 bridgehead atoms. The number of aliphatic hydroxyl groups excluding tert-OH is 1. The number of hydrogen-bond donors (Lipinski definition) is 7. The van der Waals surface area contributed by atoms with Crippen molar-refractivity contribution in [1.29, 1.82) is 0 Å². The molecule has 0 aliphatic carbocycles. The van der Waals surface area contributed by atoms with Crippen LogP contribution in [0.2, 0.25) is 0 Å². The molecule has 2 aromatic carbocycles. The second-order valence-corrected chi connectivity index (χ2v) is 22.8. The minimum atomic E-state index is -5.64. The van der Waals surface area contributed by atoms with Gasteiger partial charge in [0.15, 0.2) is 0 Å². The Labute approximate surface area is 311 Å². The van der Waals surface area contributed by atoms with Gasteiger partial charge in [0.25, 0.3) is 0 Å². The van der Waals surface area contributed by atoms with E-state index in [1.54, 1.807) is 18.2 Å². The monoisotopic (exact) mass is 832 g/mol. The van der Waals surface area contributed by atoms with Gasteiger partial charge in [0.2, 0.25) is 0 Å². The number of benzene rings is 2. The summed E-state index contributed by atoms with van der Waals surface area (Å²) in [7, 11) is -22.5. The summed E-state index contributed by atoms with van der Waals surface area (Å²) in [5, 5.41) is 11.2. The third-order valence-electron chi connectivity index (χ3n) is 8.23. The van der Waals surface area contributed by atoms with Crippen molar-refractivity contribution in [3.05, 3.63) is 64.2 Å². The van der Waals surface area contributed by atoms with Crippen molar-refractivity contribution in [3.8, 4) is 5.75 Å². The van der Waals surface area contributed by atoms with Crippen LogP contribution in [-0.2, 0) is 57.6 Å². The maximum Gasteiger partial charge on any atom is 0.481 e. The van der Waals surface area contributed by atoms with Crippen molar-refractivity contribution in [2.45, 2.75) is 111 Å². The highest BCUT2D eigenvalue weighted by atomic mass is 31.3. The molecule has 20 heteroatoms. The Kier molecular flexibility index (Phi) is 14.7. The third-order valence-corrected chi connectivity index (χ3v) is 12.5.